The Labute approximate surface area is 222 Å². The van der Waals surface area contributed by atoms with E-state index in [2.05, 4.69) is 22.0 Å². The lowest BCUT2D eigenvalue weighted by molar-refractivity contribution is -0.114. The van der Waals surface area contributed by atoms with Gasteiger partial charge < -0.3 is 15.2 Å². The van der Waals surface area contributed by atoms with Crippen molar-refractivity contribution in [1.29, 1.82) is 0 Å². The molecule has 0 fully saturated rings. The molecule has 0 bridgehead atoms. The molecule has 194 valence electrons. The van der Waals surface area contributed by atoms with E-state index >= 15 is 0 Å². The number of nitrogens with one attached hydrogen (secondary N) is 2. The van der Waals surface area contributed by atoms with Crippen molar-refractivity contribution in [2.45, 2.75) is 32.4 Å². The van der Waals surface area contributed by atoms with Gasteiger partial charge in [0.2, 0.25) is 0 Å². The van der Waals surface area contributed by atoms with Crippen LogP contribution >= 0.6 is 11.3 Å². The number of thiophene rings is 1. The zero-order valence-corrected chi connectivity index (χ0v) is 21.6. The summed E-state index contributed by atoms with van der Waals surface area (Å²) in [6, 6.07) is 11.4. The molecule has 10 heteroatoms. The first kappa shape index (κ1) is 25.3. The minimum Gasteiger partial charge on any atom is -0.357 e. The number of nitrogens with zero attached hydrogens (tertiary/aromatic N) is 3. The molecule has 0 radical (unpaired) electrons. The minimum atomic E-state index is -0.399. The summed E-state index contributed by atoms with van der Waals surface area (Å²) in [5, 5.41) is 9.99. The number of benzene rings is 1. The summed E-state index contributed by atoms with van der Waals surface area (Å²) in [4.78, 5) is 43.0. The maximum absolute atomic E-state index is 13.5. The first-order valence-electron chi connectivity index (χ1n) is 12.1. The Hall–Kier alpha value is -4.31. The van der Waals surface area contributed by atoms with E-state index in [0.29, 0.717) is 29.3 Å². The van der Waals surface area contributed by atoms with E-state index in [1.54, 1.807) is 46.1 Å². The molecule has 0 saturated carbocycles. The number of aromatic amines is 1. The van der Waals surface area contributed by atoms with Crippen molar-refractivity contribution in [2.75, 3.05) is 11.9 Å². The molecule has 2 amide bonds. The van der Waals surface area contributed by atoms with Crippen molar-refractivity contribution in [3.8, 4) is 0 Å². The fourth-order valence-electron chi connectivity index (χ4n) is 4.72. The molecular formula is C28H26FN5O3S. The number of aromatic nitrogens is 3. The smallest absolute Gasteiger partial charge is 0.277 e. The van der Waals surface area contributed by atoms with Crippen molar-refractivity contribution in [3.63, 3.8) is 0 Å². The number of H-pyrrole nitrogens is 1. The van der Waals surface area contributed by atoms with Crippen LogP contribution in [-0.2, 0) is 24.3 Å². The highest BCUT2D eigenvalue weighted by molar-refractivity contribution is 7.14. The third-order valence-corrected chi connectivity index (χ3v) is 7.37. The molecule has 1 atom stereocenters. The molecule has 4 aromatic rings. The fraction of sp³-hybridized carbons (Fsp3) is 0.214. The van der Waals surface area contributed by atoms with E-state index in [0.717, 1.165) is 16.8 Å². The van der Waals surface area contributed by atoms with Gasteiger partial charge in [-0.3, -0.25) is 19.1 Å². The van der Waals surface area contributed by atoms with Crippen molar-refractivity contribution in [3.05, 3.63) is 106 Å². The highest BCUT2D eigenvalue weighted by Gasteiger charge is 2.34. The van der Waals surface area contributed by atoms with Crippen LogP contribution in [-0.4, -0.2) is 43.8 Å². The van der Waals surface area contributed by atoms with Crippen LogP contribution in [0.15, 0.2) is 66.7 Å². The number of halogens is 1. The van der Waals surface area contributed by atoms with E-state index in [-0.39, 0.29) is 42.1 Å². The van der Waals surface area contributed by atoms with Crippen LogP contribution in [0.5, 0.6) is 0 Å². The molecule has 1 unspecified atom stereocenters. The highest BCUT2D eigenvalue weighted by atomic mass is 32.1. The molecule has 1 aliphatic heterocycles. The Kier molecular flexibility index (Phi) is 7.06. The van der Waals surface area contributed by atoms with Crippen molar-refractivity contribution < 1.29 is 18.8 Å². The lowest BCUT2D eigenvalue weighted by Crippen LogP contribution is -2.38. The molecule has 0 spiro atoms. The van der Waals surface area contributed by atoms with Crippen LogP contribution in [0.3, 0.4) is 0 Å². The Morgan fingerprint density at radius 1 is 1.24 bits per heavy atom. The van der Waals surface area contributed by atoms with Gasteiger partial charge in [0, 0.05) is 36.3 Å². The molecule has 0 saturated heterocycles. The summed E-state index contributed by atoms with van der Waals surface area (Å²) in [6.07, 6.45) is 3.19. The normalized spacial score (nSPS) is 14.7. The Balaban J connectivity index is 1.47. The predicted molar refractivity (Wildman–Crippen MR) is 143 cm³/mol. The standard InChI is InChI=1S/C28H26FN5O3S/c1-3-21(35)11-19-12-24(38-16-19)31-27(36)25-22-15-33(28(37)23-5-4-10-30-23)13-17(2)26(22)34(32-25)14-18-6-8-20(29)9-7-18/h3-10,12,16-17,30H,1,11,13-15H2,2H3,(H,31,36). The van der Waals surface area contributed by atoms with E-state index in [9.17, 15) is 18.8 Å². The van der Waals surface area contributed by atoms with Gasteiger partial charge in [0.15, 0.2) is 11.5 Å². The van der Waals surface area contributed by atoms with Crippen LogP contribution in [0.4, 0.5) is 9.39 Å². The number of anilines is 1. The molecule has 4 heterocycles. The summed E-state index contributed by atoms with van der Waals surface area (Å²) < 4.78 is 15.2. The fourth-order valence-corrected chi connectivity index (χ4v) is 5.53. The summed E-state index contributed by atoms with van der Waals surface area (Å²) in [5.74, 6) is -1.07. The maximum Gasteiger partial charge on any atom is 0.277 e. The predicted octanol–water partition coefficient (Wildman–Crippen LogP) is 4.77. The first-order valence-corrected chi connectivity index (χ1v) is 13.0. The van der Waals surface area contributed by atoms with Crippen molar-refractivity contribution in [1.82, 2.24) is 19.7 Å². The number of allylic oxidation sites excluding steroid dienone is 1. The molecule has 8 nitrogen and oxygen atoms in total. The van der Waals surface area contributed by atoms with E-state index in [1.165, 1.54) is 29.5 Å². The number of carbonyl (C=O) groups excluding carboxylic acids is 3. The molecular weight excluding hydrogens is 505 g/mol. The number of fused-ring (bicyclic) bond motifs is 1. The molecule has 3 aromatic heterocycles. The number of ketones is 1. The Morgan fingerprint density at radius 2 is 2.03 bits per heavy atom. The first-order chi connectivity index (χ1) is 18.3. The van der Waals surface area contributed by atoms with E-state index < -0.39 is 5.91 Å². The van der Waals surface area contributed by atoms with E-state index in [1.807, 2.05) is 12.3 Å². The van der Waals surface area contributed by atoms with Crippen LogP contribution in [0.25, 0.3) is 0 Å². The van der Waals surface area contributed by atoms with Gasteiger partial charge in [0.1, 0.15) is 11.5 Å². The second kappa shape index (κ2) is 10.6. The minimum absolute atomic E-state index is 0.0922. The zero-order chi connectivity index (χ0) is 26.8. The molecule has 0 aliphatic carbocycles. The third-order valence-electron chi connectivity index (χ3n) is 6.48. The highest BCUT2D eigenvalue weighted by Crippen LogP contribution is 2.33. The number of hydrogen-bond acceptors (Lipinski definition) is 5. The molecule has 2 N–H and O–H groups in total. The van der Waals surface area contributed by atoms with Crippen LogP contribution < -0.4 is 5.32 Å². The van der Waals surface area contributed by atoms with Gasteiger partial charge in [0.25, 0.3) is 11.8 Å². The van der Waals surface area contributed by atoms with Gasteiger partial charge >= 0.3 is 0 Å². The van der Waals surface area contributed by atoms with Gasteiger partial charge in [-0.1, -0.05) is 25.6 Å². The number of rotatable bonds is 8. The topological polar surface area (TPSA) is 100 Å². The second-order valence-electron chi connectivity index (χ2n) is 9.29. The summed E-state index contributed by atoms with van der Waals surface area (Å²) in [5.41, 5.74) is 3.90. The van der Waals surface area contributed by atoms with Crippen LogP contribution in [0, 0.1) is 5.82 Å². The van der Waals surface area contributed by atoms with Gasteiger partial charge in [-0.2, -0.15) is 5.10 Å². The third kappa shape index (κ3) is 5.21. The van der Waals surface area contributed by atoms with E-state index in [4.69, 9.17) is 0 Å². The summed E-state index contributed by atoms with van der Waals surface area (Å²) in [7, 11) is 0. The molecule has 5 rings (SSSR count). The summed E-state index contributed by atoms with van der Waals surface area (Å²) in [6.45, 7) is 6.55. The zero-order valence-electron chi connectivity index (χ0n) is 20.7. The molecule has 1 aromatic carbocycles. The van der Waals surface area contributed by atoms with Crippen LogP contribution in [0.1, 0.15) is 56.2 Å². The van der Waals surface area contributed by atoms with Crippen molar-refractivity contribution >= 4 is 33.9 Å². The average Bonchev–Trinajstić information content (AvgIpc) is 3.66. The maximum atomic E-state index is 13.5. The lowest BCUT2D eigenvalue weighted by atomic mass is 9.95. The van der Waals surface area contributed by atoms with Gasteiger partial charge in [-0.05, 0) is 52.9 Å². The second-order valence-corrected chi connectivity index (χ2v) is 10.2. The van der Waals surface area contributed by atoms with Gasteiger partial charge in [0.05, 0.1) is 18.1 Å². The average molecular weight is 532 g/mol. The monoisotopic (exact) mass is 531 g/mol. The number of amides is 2. The van der Waals surface area contributed by atoms with Crippen LogP contribution in [0.2, 0.25) is 0 Å². The number of hydrogen-bond donors (Lipinski definition) is 2. The Bertz CT molecular complexity index is 1500. The quantitative estimate of drug-likeness (QED) is 0.320. The number of carbonyl (C=O) groups is 3. The van der Waals surface area contributed by atoms with Gasteiger partial charge in [-0.15, -0.1) is 11.3 Å². The van der Waals surface area contributed by atoms with Crippen molar-refractivity contribution in [2.24, 2.45) is 0 Å². The van der Waals surface area contributed by atoms with Gasteiger partial charge in [-0.25, -0.2) is 4.39 Å². The summed E-state index contributed by atoms with van der Waals surface area (Å²) >= 11 is 1.32. The molecule has 1 aliphatic rings. The lowest BCUT2D eigenvalue weighted by Gasteiger charge is -2.32. The molecule has 38 heavy (non-hydrogen) atoms. The largest absolute Gasteiger partial charge is 0.357 e. The SMILES string of the molecule is C=CC(=O)Cc1csc(NC(=O)c2nn(Cc3ccc(F)cc3)c3c2CN(C(=O)c2ccc[nH]2)CC3C)c1. The Morgan fingerprint density at radius 3 is 2.74 bits per heavy atom.